The molecular weight excluding hydrogens is 292 g/mol. The molecule has 2 heterocycles. The molecule has 0 aliphatic carbocycles. The van der Waals surface area contributed by atoms with Crippen LogP contribution < -0.4 is 10.6 Å². The highest BCUT2D eigenvalue weighted by Gasteiger charge is 2.25. The molecule has 1 atom stereocenters. The molecule has 1 saturated heterocycles. The van der Waals surface area contributed by atoms with Crippen LogP contribution in [0.15, 0.2) is 24.4 Å². The molecule has 2 N–H and O–H groups in total. The number of nitrogens with two attached hydrogens (primary N) is 1. The molecule has 1 fully saturated rings. The van der Waals surface area contributed by atoms with E-state index < -0.39 is 6.04 Å². The third-order valence-corrected chi connectivity index (χ3v) is 4.42. The fraction of sp³-hybridized carbons (Fsp3) is 0.647. The number of amides is 1. The van der Waals surface area contributed by atoms with Crippen LogP contribution in [-0.2, 0) is 9.53 Å². The van der Waals surface area contributed by atoms with Crippen molar-refractivity contribution in [2.24, 2.45) is 11.7 Å². The Hall–Kier alpha value is -1.66. The van der Waals surface area contributed by atoms with Crippen LogP contribution in [0, 0.1) is 5.92 Å². The van der Waals surface area contributed by atoms with E-state index in [4.69, 9.17) is 10.5 Å². The lowest BCUT2D eigenvalue weighted by atomic mass is 9.96. The fourth-order valence-electron chi connectivity index (χ4n) is 3.06. The highest BCUT2D eigenvalue weighted by atomic mass is 16.5. The Kier molecular flexibility index (Phi) is 6.80. The first-order valence-corrected chi connectivity index (χ1v) is 8.35. The van der Waals surface area contributed by atoms with E-state index in [1.54, 1.807) is 7.11 Å². The molecule has 23 heavy (non-hydrogen) atoms. The zero-order chi connectivity index (χ0) is 16.7. The van der Waals surface area contributed by atoms with Crippen molar-refractivity contribution in [1.29, 1.82) is 0 Å². The number of nitrogens with zero attached hydrogens (tertiary/aromatic N) is 3. The average Bonchev–Trinajstić information content (AvgIpc) is 2.60. The van der Waals surface area contributed by atoms with Crippen LogP contribution in [-0.4, -0.2) is 61.7 Å². The molecule has 0 spiro atoms. The molecule has 0 saturated carbocycles. The Balaban J connectivity index is 1.83. The van der Waals surface area contributed by atoms with Gasteiger partial charge in [-0.1, -0.05) is 6.07 Å². The van der Waals surface area contributed by atoms with Crippen LogP contribution in [0.2, 0.25) is 0 Å². The van der Waals surface area contributed by atoms with Crippen molar-refractivity contribution in [3.05, 3.63) is 24.4 Å². The molecule has 2 rings (SSSR count). The normalized spacial score (nSPS) is 17.1. The first-order chi connectivity index (χ1) is 11.2. The van der Waals surface area contributed by atoms with Gasteiger partial charge < -0.3 is 20.3 Å². The van der Waals surface area contributed by atoms with Gasteiger partial charge in [0, 0.05) is 39.5 Å². The number of likely N-dealkylation sites (N-methyl/N-ethyl adjacent to an activating group) is 1. The number of carbonyl (C=O) groups excluding carboxylic acids is 1. The highest BCUT2D eigenvalue weighted by molar-refractivity contribution is 5.81. The summed E-state index contributed by atoms with van der Waals surface area (Å²) in [5, 5.41) is 0. The van der Waals surface area contributed by atoms with Gasteiger partial charge in [-0.15, -0.1) is 0 Å². The summed E-state index contributed by atoms with van der Waals surface area (Å²) in [6.07, 6.45) is 3.97. The summed E-state index contributed by atoms with van der Waals surface area (Å²) in [6, 6.07) is 5.44. The molecule has 128 valence electrons. The number of ether oxygens (including phenoxy) is 1. The van der Waals surface area contributed by atoms with Gasteiger partial charge in [0.15, 0.2) is 0 Å². The standard InChI is InChI=1S/C17H28N4O2/c1-3-20(17(22)15(18)13-23-2)12-14-7-10-21(11-8-14)16-6-4-5-9-19-16/h4-6,9,14-15H,3,7-8,10-13,18H2,1-2H3. The van der Waals surface area contributed by atoms with Gasteiger partial charge in [0.2, 0.25) is 5.91 Å². The predicted molar refractivity (Wildman–Crippen MR) is 91.3 cm³/mol. The second-order valence-corrected chi connectivity index (χ2v) is 6.06. The maximum atomic E-state index is 12.3. The van der Waals surface area contributed by atoms with Gasteiger partial charge in [-0.05, 0) is 37.8 Å². The number of anilines is 1. The number of hydrogen-bond acceptors (Lipinski definition) is 5. The zero-order valence-electron chi connectivity index (χ0n) is 14.1. The summed E-state index contributed by atoms with van der Waals surface area (Å²) < 4.78 is 4.99. The lowest BCUT2D eigenvalue weighted by Crippen LogP contribution is -2.48. The summed E-state index contributed by atoms with van der Waals surface area (Å²) in [7, 11) is 1.57. The van der Waals surface area contributed by atoms with Crippen LogP contribution in [0.5, 0.6) is 0 Å². The summed E-state index contributed by atoms with van der Waals surface area (Å²) >= 11 is 0. The zero-order valence-corrected chi connectivity index (χ0v) is 14.1. The molecule has 0 aromatic carbocycles. The van der Waals surface area contributed by atoms with Crippen LogP contribution >= 0.6 is 0 Å². The number of aromatic nitrogens is 1. The van der Waals surface area contributed by atoms with Gasteiger partial charge in [0.1, 0.15) is 11.9 Å². The van der Waals surface area contributed by atoms with E-state index in [1.165, 1.54) is 0 Å². The minimum absolute atomic E-state index is 0.0125. The van der Waals surface area contributed by atoms with Crippen molar-refractivity contribution < 1.29 is 9.53 Å². The van der Waals surface area contributed by atoms with Crippen LogP contribution in [0.25, 0.3) is 0 Å². The molecule has 0 bridgehead atoms. The number of carbonyl (C=O) groups is 1. The lowest BCUT2D eigenvalue weighted by molar-refractivity contribution is -0.134. The van der Waals surface area contributed by atoms with Crippen LogP contribution in [0.4, 0.5) is 5.82 Å². The maximum Gasteiger partial charge on any atom is 0.241 e. The van der Waals surface area contributed by atoms with Gasteiger partial charge in [0.25, 0.3) is 0 Å². The Labute approximate surface area is 138 Å². The topological polar surface area (TPSA) is 71.7 Å². The van der Waals surface area contributed by atoms with Crippen molar-refractivity contribution in [2.45, 2.75) is 25.8 Å². The molecule has 0 radical (unpaired) electrons. The van der Waals surface area contributed by atoms with Crippen molar-refractivity contribution in [1.82, 2.24) is 9.88 Å². The minimum atomic E-state index is -0.562. The Morgan fingerprint density at radius 3 is 2.78 bits per heavy atom. The van der Waals surface area contributed by atoms with Crippen molar-refractivity contribution in [2.75, 3.05) is 44.8 Å². The summed E-state index contributed by atoms with van der Waals surface area (Å²) in [5.41, 5.74) is 5.87. The molecule has 1 aromatic rings. The average molecular weight is 320 g/mol. The van der Waals surface area contributed by atoms with Gasteiger partial charge in [-0.25, -0.2) is 4.98 Å². The van der Waals surface area contributed by atoms with Gasteiger partial charge in [0.05, 0.1) is 6.61 Å². The van der Waals surface area contributed by atoms with Gasteiger partial charge in [-0.3, -0.25) is 4.79 Å². The maximum absolute atomic E-state index is 12.3. The van der Waals surface area contributed by atoms with Crippen molar-refractivity contribution in [3.8, 4) is 0 Å². The Bertz CT molecular complexity index is 475. The predicted octanol–water partition coefficient (Wildman–Crippen LogP) is 1.12. The lowest BCUT2D eigenvalue weighted by Gasteiger charge is -2.35. The van der Waals surface area contributed by atoms with E-state index in [9.17, 15) is 4.79 Å². The monoisotopic (exact) mass is 320 g/mol. The molecule has 1 aliphatic rings. The number of pyridine rings is 1. The van der Waals surface area contributed by atoms with E-state index in [2.05, 4.69) is 9.88 Å². The molecule has 6 heteroatoms. The molecule has 6 nitrogen and oxygen atoms in total. The third kappa shape index (κ3) is 4.91. The molecule has 1 aliphatic heterocycles. The smallest absolute Gasteiger partial charge is 0.241 e. The Morgan fingerprint density at radius 2 is 2.22 bits per heavy atom. The summed E-state index contributed by atoms with van der Waals surface area (Å²) in [4.78, 5) is 20.9. The minimum Gasteiger partial charge on any atom is -0.383 e. The number of piperidine rings is 1. The quantitative estimate of drug-likeness (QED) is 0.815. The second kappa shape index (κ2) is 8.84. The number of methoxy groups -OCH3 is 1. The van der Waals surface area contributed by atoms with E-state index in [0.717, 1.165) is 38.3 Å². The molecule has 1 amide bonds. The van der Waals surface area contributed by atoms with Crippen LogP contribution in [0.1, 0.15) is 19.8 Å². The first-order valence-electron chi connectivity index (χ1n) is 8.35. The van der Waals surface area contributed by atoms with Crippen LogP contribution in [0.3, 0.4) is 0 Å². The van der Waals surface area contributed by atoms with E-state index in [1.807, 2.05) is 36.2 Å². The Morgan fingerprint density at radius 1 is 1.48 bits per heavy atom. The highest BCUT2D eigenvalue weighted by Crippen LogP contribution is 2.22. The summed E-state index contributed by atoms with van der Waals surface area (Å²) in [6.45, 7) is 5.71. The van der Waals surface area contributed by atoms with E-state index in [0.29, 0.717) is 12.5 Å². The van der Waals surface area contributed by atoms with Gasteiger partial charge >= 0.3 is 0 Å². The number of hydrogen-bond donors (Lipinski definition) is 1. The molecular formula is C17H28N4O2. The third-order valence-electron chi connectivity index (χ3n) is 4.42. The fourth-order valence-corrected chi connectivity index (χ4v) is 3.06. The first kappa shape index (κ1) is 17.7. The SMILES string of the molecule is CCN(CC1CCN(c2ccccn2)CC1)C(=O)C(N)COC. The largest absolute Gasteiger partial charge is 0.383 e. The summed E-state index contributed by atoms with van der Waals surface area (Å²) in [5.74, 6) is 1.55. The second-order valence-electron chi connectivity index (χ2n) is 6.06. The van der Waals surface area contributed by atoms with E-state index >= 15 is 0 Å². The molecule has 1 aromatic heterocycles. The van der Waals surface area contributed by atoms with Crippen molar-refractivity contribution in [3.63, 3.8) is 0 Å². The molecule has 1 unspecified atom stereocenters. The van der Waals surface area contributed by atoms with Crippen molar-refractivity contribution >= 4 is 11.7 Å². The van der Waals surface area contributed by atoms with Gasteiger partial charge in [-0.2, -0.15) is 0 Å². The van der Waals surface area contributed by atoms with E-state index in [-0.39, 0.29) is 12.5 Å². The number of rotatable bonds is 7.